The van der Waals surface area contributed by atoms with E-state index in [1.807, 2.05) is 13.8 Å². The van der Waals surface area contributed by atoms with Crippen molar-refractivity contribution in [2.24, 2.45) is 17.8 Å². The molecule has 1 unspecified atom stereocenters. The average molecular weight is 302 g/mol. The third-order valence-electron chi connectivity index (χ3n) is 3.02. The summed E-state index contributed by atoms with van der Waals surface area (Å²) in [7, 11) is 2.40. The van der Waals surface area contributed by atoms with Gasteiger partial charge >= 0.3 is 17.9 Å². The second kappa shape index (κ2) is 8.00. The van der Waals surface area contributed by atoms with Gasteiger partial charge in [0.15, 0.2) is 5.92 Å². The minimum atomic E-state index is -1.13. The van der Waals surface area contributed by atoms with Crippen LogP contribution in [0.3, 0.4) is 0 Å². The maximum atomic E-state index is 12.0. The number of carbonyl (C=O) groups is 3. The fourth-order valence-corrected chi connectivity index (χ4v) is 2.01. The molecule has 1 atom stereocenters. The highest BCUT2D eigenvalue weighted by Gasteiger charge is 2.40. The number of carbonyl (C=O) groups excluding carboxylic acids is 3. The molecule has 0 aliphatic heterocycles. The minimum Gasteiger partial charge on any atom is -0.468 e. The molecule has 0 heterocycles. The van der Waals surface area contributed by atoms with Crippen molar-refractivity contribution in [1.29, 1.82) is 0 Å². The highest BCUT2D eigenvalue weighted by molar-refractivity contribution is 5.95. The second-order valence-corrected chi connectivity index (χ2v) is 6.22. The number of esters is 3. The SMILES string of the molecule is COC(=O)C(C(=O)OC)C(CC(=O)OC(C)(C)C)C(C)C. The lowest BCUT2D eigenvalue weighted by Gasteiger charge is -2.27. The van der Waals surface area contributed by atoms with E-state index in [0.29, 0.717) is 0 Å². The molecule has 0 radical (unpaired) electrons. The molecule has 0 bridgehead atoms. The van der Waals surface area contributed by atoms with Crippen molar-refractivity contribution in [3.63, 3.8) is 0 Å². The average Bonchev–Trinajstić information content (AvgIpc) is 2.34. The Hall–Kier alpha value is -1.59. The molecular weight excluding hydrogens is 276 g/mol. The monoisotopic (exact) mass is 302 g/mol. The van der Waals surface area contributed by atoms with Gasteiger partial charge < -0.3 is 14.2 Å². The lowest BCUT2D eigenvalue weighted by Crippen LogP contribution is -2.38. The van der Waals surface area contributed by atoms with Gasteiger partial charge in [0.1, 0.15) is 5.60 Å². The van der Waals surface area contributed by atoms with Crippen molar-refractivity contribution < 1.29 is 28.6 Å². The number of methoxy groups -OCH3 is 2. The van der Waals surface area contributed by atoms with E-state index in [-0.39, 0.29) is 12.3 Å². The van der Waals surface area contributed by atoms with Crippen LogP contribution in [0, 0.1) is 17.8 Å². The Morgan fingerprint density at radius 1 is 0.952 bits per heavy atom. The molecule has 21 heavy (non-hydrogen) atoms. The fraction of sp³-hybridized carbons (Fsp3) is 0.800. The summed E-state index contributed by atoms with van der Waals surface area (Å²) in [4.78, 5) is 35.7. The third-order valence-corrected chi connectivity index (χ3v) is 3.02. The van der Waals surface area contributed by atoms with Crippen LogP contribution in [0.4, 0.5) is 0 Å². The van der Waals surface area contributed by atoms with Gasteiger partial charge in [-0.25, -0.2) is 0 Å². The molecule has 0 saturated heterocycles. The standard InChI is InChI=1S/C15H26O6/c1-9(2)10(8-11(16)21-15(3,4)5)12(13(17)19-6)14(18)20-7/h9-10,12H,8H2,1-7H3. The first-order valence-corrected chi connectivity index (χ1v) is 6.91. The Morgan fingerprint density at radius 2 is 1.38 bits per heavy atom. The van der Waals surface area contributed by atoms with Crippen molar-refractivity contribution in [3.05, 3.63) is 0 Å². The molecule has 6 nitrogen and oxygen atoms in total. The highest BCUT2D eigenvalue weighted by atomic mass is 16.6. The Bertz CT molecular complexity index is 364. The molecule has 0 aromatic rings. The summed E-state index contributed by atoms with van der Waals surface area (Å²) in [6.45, 7) is 8.93. The van der Waals surface area contributed by atoms with Crippen LogP contribution >= 0.6 is 0 Å². The summed E-state index contributed by atoms with van der Waals surface area (Å²) in [5.74, 6) is -3.64. The normalized spacial score (nSPS) is 13.0. The molecule has 122 valence electrons. The molecule has 0 aromatic heterocycles. The van der Waals surface area contributed by atoms with E-state index < -0.39 is 35.3 Å². The van der Waals surface area contributed by atoms with Crippen LogP contribution in [-0.4, -0.2) is 37.7 Å². The highest BCUT2D eigenvalue weighted by Crippen LogP contribution is 2.28. The quantitative estimate of drug-likeness (QED) is 0.424. The van der Waals surface area contributed by atoms with E-state index in [2.05, 4.69) is 9.47 Å². The van der Waals surface area contributed by atoms with Crippen LogP contribution in [0.1, 0.15) is 41.0 Å². The Morgan fingerprint density at radius 3 is 1.67 bits per heavy atom. The topological polar surface area (TPSA) is 78.9 Å². The van der Waals surface area contributed by atoms with Crippen molar-refractivity contribution in [3.8, 4) is 0 Å². The van der Waals surface area contributed by atoms with Crippen LogP contribution in [0.15, 0.2) is 0 Å². The predicted octanol–water partition coefficient (Wildman–Crippen LogP) is 1.95. The van der Waals surface area contributed by atoms with Gasteiger partial charge in [-0.3, -0.25) is 14.4 Å². The number of ether oxygens (including phenoxy) is 3. The Labute approximate surface area is 126 Å². The lowest BCUT2D eigenvalue weighted by atomic mass is 9.81. The summed E-state index contributed by atoms with van der Waals surface area (Å²) in [5.41, 5.74) is -0.620. The van der Waals surface area contributed by atoms with Crippen molar-refractivity contribution in [2.75, 3.05) is 14.2 Å². The molecule has 0 aliphatic rings. The first-order chi connectivity index (χ1) is 9.53. The summed E-state index contributed by atoms with van der Waals surface area (Å²) in [5, 5.41) is 0. The summed E-state index contributed by atoms with van der Waals surface area (Å²) < 4.78 is 14.6. The lowest BCUT2D eigenvalue weighted by molar-refractivity contribution is -0.165. The van der Waals surface area contributed by atoms with Crippen LogP contribution in [0.5, 0.6) is 0 Å². The molecular formula is C15H26O6. The first-order valence-electron chi connectivity index (χ1n) is 6.91. The van der Waals surface area contributed by atoms with E-state index in [0.717, 1.165) is 0 Å². The molecule has 6 heteroatoms. The van der Waals surface area contributed by atoms with Gasteiger partial charge in [-0.15, -0.1) is 0 Å². The fourth-order valence-electron chi connectivity index (χ4n) is 2.01. The van der Waals surface area contributed by atoms with Gasteiger partial charge in [-0.1, -0.05) is 13.8 Å². The van der Waals surface area contributed by atoms with Crippen molar-refractivity contribution in [1.82, 2.24) is 0 Å². The van der Waals surface area contributed by atoms with Crippen molar-refractivity contribution >= 4 is 17.9 Å². The third kappa shape index (κ3) is 6.60. The molecule has 0 spiro atoms. The minimum absolute atomic E-state index is 0.0518. The largest absolute Gasteiger partial charge is 0.468 e. The first kappa shape index (κ1) is 19.4. The zero-order chi connectivity index (χ0) is 16.8. The summed E-state index contributed by atoms with van der Waals surface area (Å²) in [6.07, 6.45) is -0.0518. The van der Waals surface area contributed by atoms with Gasteiger partial charge in [0.2, 0.25) is 0 Å². The van der Waals surface area contributed by atoms with Crippen LogP contribution < -0.4 is 0 Å². The summed E-state index contributed by atoms with van der Waals surface area (Å²) >= 11 is 0. The van der Waals surface area contributed by atoms with Crippen LogP contribution in [-0.2, 0) is 28.6 Å². The zero-order valence-electron chi connectivity index (χ0n) is 13.9. The maximum absolute atomic E-state index is 12.0. The summed E-state index contributed by atoms with van der Waals surface area (Å²) in [6, 6.07) is 0. The van der Waals surface area contributed by atoms with Gasteiger partial charge in [0.05, 0.1) is 14.2 Å². The van der Waals surface area contributed by atoms with Gasteiger partial charge in [0.25, 0.3) is 0 Å². The predicted molar refractivity (Wildman–Crippen MR) is 76.3 cm³/mol. The number of rotatable bonds is 6. The van der Waals surface area contributed by atoms with E-state index in [1.54, 1.807) is 20.8 Å². The smallest absolute Gasteiger partial charge is 0.320 e. The number of hydrogen-bond acceptors (Lipinski definition) is 6. The zero-order valence-corrected chi connectivity index (χ0v) is 13.9. The van der Waals surface area contributed by atoms with E-state index in [9.17, 15) is 14.4 Å². The van der Waals surface area contributed by atoms with Crippen LogP contribution in [0.25, 0.3) is 0 Å². The number of hydrogen-bond donors (Lipinski definition) is 0. The van der Waals surface area contributed by atoms with Gasteiger partial charge in [-0.2, -0.15) is 0 Å². The molecule has 0 aliphatic carbocycles. The molecule has 0 amide bonds. The molecule has 0 saturated carbocycles. The second-order valence-electron chi connectivity index (χ2n) is 6.22. The van der Waals surface area contributed by atoms with E-state index in [4.69, 9.17) is 4.74 Å². The maximum Gasteiger partial charge on any atom is 0.320 e. The molecule has 0 aromatic carbocycles. The molecule has 0 fully saturated rings. The molecule has 0 N–H and O–H groups in total. The van der Waals surface area contributed by atoms with Gasteiger partial charge in [0, 0.05) is 6.42 Å². The Kier molecular flexibility index (Phi) is 7.39. The molecule has 0 rings (SSSR count). The van der Waals surface area contributed by atoms with E-state index in [1.165, 1.54) is 14.2 Å². The Balaban J connectivity index is 5.20. The van der Waals surface area contributed by atoms with Gasteiger partial charge in [-0.05, 0) is 32.6 Å². The van der Waals surface area contributed by atoms with Crippen LogP contribution in [0.2, 0.25) is 0 Å². The van der Waals surface area contributed by atoms with Crippen molar-refractivity contribution in [2.45, 2.75) is 46.6 Å². The van der Waals surface area contributed by atoms with E-state index >= 15 is 0 Å².